The van der Waals surface area contributed by atoms with Crippen LogP contribution in [0, 0.1) is 0 Å². The van der Waals surface area contributed by atoms with E-state index in [1.165, 1.54) is 12.5 Å². The Morgan fingerprint density at radius 2 is 1.69 bits per heavy atom. The number of hydrogen-bond acceptors (Lipinski definition) is 5. The summed E-state index contributed by atoms with van der Waals surface area (Å²) in [5, 5.41) is 2.95. The number of esters is 1. The quantitative estimate of drug-likeness (QED) is 0.597. The maximum Gasteiger partial charge on any atom is 0.331 e. The van der Waals surface area contributed by atoms with Gasteiger partial charge in [-0.3, -0.25) is 4.79 Å². The van der Waals surface area contributed by atoms with Gasteiger partial charge >= 0.3 is 5.97 Å². The van der Waals surface area contributed by atoms with E-state index in [9.17, 15) is 9.59 Å². The minimum Gasteiger partial charge on any atom is -0.497 e. The molecule has 1 saturated carbocycles. The van der Waals surface area contributed by atoms with Gasteiger partial charge in [0.1, 0.15) is 11.5 Å². The summed E-state index contributed by atoms with van der Waals surface area (Å²) in [7, 11) is 3.12. The van der Waals surface area contributed by atoms with E-state index in [2.05, 4.69) is 5.32 Å². The van der Waals surface area contributed by atoms with Crippen LogP contribution in [0.15, 0.2) is 24.3 Å². The van der Waals surface area contributed by atoms with Crippen LogP contribution in [-0.2, 0) is 14.3 Å². The highest BCUT2D eigenvalue weighted by Gasteiger charge is 2.21. The van der Waals surface area contributed by atoms with Crippen molar-refractivity contribution in [3.8, 4) is 11.5 Å². The van der Waals surface area contributed by atoms with Crippen molar-refractivity contribution in [3.63, 3.8) is 0 Å². The van der Waals surface area contributed by atoms with Gasteiger partial charge in [-0.2, -0.15) is 0 Å². The van der Waals surface area contributed by atoms with E-state index in [4.69, 9.17) is 14.2 Å². The molecule has 2 rings (SSSR count). The topological polar surface area (TPSA) is 73.9 Å². The SMILES string of the molecule is COc1cc(/C=C/C(=O)O[C@H](C)C(=O)NC2CCCCC2)cc(OC)c1. The molecule has 0 unspecified atom stereocenters. The molecule has 1 aromatic rings. The van der Waals surface area contributed by atoms with Gasteiger partial charge in [0.05, 0.1) is 14.2 Å². The molecule has 1 aliphatic rings. The molecule has 1 amide bonds. The molecule has 0 radical (unpaired) electrons. The highest BCUT2D eigenvalue weighted by Crippen LogP contribution is 2.23. The van der Waals surface area contributed by atoms with Crippen LogP contribution in [0.1, 0.15) is 44.6 Å². The summed E-state index contributed by atoms with van der Waals surface area (Å²) in [6, 6.07) is 5.47. The predicted molar refractivity (Wildman–Crippen MR) is 99.1 cm³/mol. The van der Waals surface area contributed by atoms with E-state index in [1.54, 1.807) is 45.4 Å². The van der Waals surface area contributed by atoms with Gasteiger partial charge in [-0.15, -0.1) is 0 Å². The van der Waals surface area contributed by atoms with E-state index in [0.717, 1.165) is 31.2 Å². The van der Waals surface area contributed by atoms with Gasteiger partial charge < -0.3 is 19.5 Å². The zero-order chi connectivity index (χ0) is 18.9. The first-order valence-corrected chi connectivity index (χ1v) is 8.94. The fourth-order valence-electron chi connectivity index (χ4n) is 2.92. The van der Waals surface area contributed by atoms with Crippen molar-refractivity contribution in [2.24, 2.45) is 0 Å². The highest BCUT2D eigenvalue weighted by molar-refractivity contribution is 5.90. The van der Waals surface area contributed by atoms with Crippen LogP contribution >= 0.6 is 0 Å². The van der Waals surface area contributed by atoms with Crippen LogP contribution in [0.2, 0.25) is 0 Å². The Hall–Kier alpha value is -2.50. The Bertz CT molecular complexity index is 627. The first-order chi connectivity index (χ1) is 12.5. The summed E-state index contributed by atoms with van der Waals surface area (Å²) < 4.78 is 15.6. The second kappa shape index (κ2) is 9.85. The number of amides is 1. The molecule has 1 N–H and O–H groups in total. The molecular formula is C20H27NO5. The Balaban J connectivity index is 1.88. The molecule has 1 aliphatic carbocycles. The third kappa shape index (κ3) is 6.10. The number of ether oxygens (including phenoxy) is 3. The maximum atomic E-state index is 12.1. The molecule has 0 aliphatic heterocycles. The summed E-state index contributed by atoms with van der Waals surface area (Å²) in [5.74, 6) is 0.426. The van der Waals surface area contributed by atoms with Crippen LogP contribution < -0.4 is 14.8 Å². The molecule has 0 heterocycles. The van der Waals surface area contributed by atoms with Crippen LogP contribution in [0.5, 0.6) is 11.5 Å². The Morgan fingerprint density at radius 3 is 2.27 bits per heavy atom. The third-order valence-corrected chi connectivity index (χ3v) is 4.40. The highest BCUT2D eigenvalue weighted by atomic mass is 16.5. The minimum absolute atomic E-state index is 0.192. The van der Waals surface area contributed by atoms with Gasteiger partial charge in [-0.1, -0.05) is 19.3 Å². The maximum absolute atomic E-state index is 12.1. The first kappa shape index (κ1) is 19.8. The van der Waals surface area contributed by atoms with E-state index in [0.29, 0.717) is 11.5 Å². The van der Waals surface area contributed by atoms with E-state index in [1.807, 2.05) is 0 Å². The van der Waals surface area contributed by atoms with Gasteiger partial charge in [0.15, 0.2) is 6.10 Å². The molecule has 1 atom stereocenters. The zero-order valence-electron chi connectivity index (χ0n) is 15.6. The largest absolute Gasteiger partial charge is 0.497 e. The average molecular weight is 361 g/mol. The number of benzene rings is 1. The molecule has 6 heteroatoms. The van der Waals surface area contributed by atoms with Crippen LogP contribution in [-0.4, -0.2) is 38.2 Å². The molecular weight excluding hydrogens is 334 g/mol. The summed E-state index contributed by atoms with van der Waals surface area (Å²) >= 11 is 0. The van der Waals surface area contributed by atoms with Crippen molar-refractivity contribution >= 4 is 18.0 Å². The zero-order valence-corrected chi connectivity index (χ0v) is 15.6. The monoisotopic (exact) mass is 361 g/mol. The fraction of sp³-hybridized carbons (Fsp3) is 0.500. The van der Waals surface area contributed by atoms with Crippen molar-refractivity contribution < 1.29 is 23.8 Å². The summed E-state index contributed by atoms with van der Waals surface area (Å²) in [4.78, 5) is 24.1. The Morgan fingerprint density at radius 1 is 1.08 bits per heavy atom. The lowest BCUT2D eigenvalue weighted by Gasteiger charge is -2.24. The van der Waals surface area contributed by atoms with E-state index >= 15 is 0 Å². The number of hydrogen-bond donors (Lipinski definition) is 1. The molecule has 1 aromatic carbocycles. The second-order valence-corrected chi connectivity index (χ2v) is 6.40. The molecule has 0 saturated heterocycles. The van der Waals surface area contributed by atoms with Gasteiger partial charge in [0, 0.05) is 18.2 Å². The smallest absolute Gasteiger partial charge is 0.331 e. The van der Waals surface area contributed by atoms with E-state index < -0.39 is 12.1 Å². The Labute approximate surface area is 154 Å². The van der Waals surface area contributed by atoms with Crippen molar-refractivity contribution in [1.29, 1.82) is 0 Å². The Kier molecular flexibility index (Phi) is 7.51. The molecule has 142 valence electrons. The third-order valence-electron chi connectivity index (χ3n) is 4.40. The van der Waals surface area contributed by atoms with Gasteiger partial charge in [-0.05, 0) is 43.5 Å². The lowest BCUT2D eigenvalue weighted by Crippen LogP contribution is -2.42. The minimum atomic E-state index is -0.825. The first-order valence-electron chi connectivity index (χ1n) is 8.94. The predicted octanol–water partition coefficient (Wildman–Crippen LogP) is 3.10. The molecule has 0 bridgehead atoms. The number of rotatable bonds is 7. The van der Waals surface area contributed by atoms with Crippen molar-refractivity contribution in [2.45, 2.75) is 51.2 Å². The molecule has 26 heavy (non-hydrogen) atoms. The lowest BCUT2D eigenvalue weighted by molar-refractivity contribution is -0.150. The van der Waals surface area contributed by atoms with Crippen LogP contribution in [0.3, 0.4) is 0 Å². The standard InChI is InChI=1S/C20H27NO5/c1-14(20(23)21-16-7-5-4-6-8-16)26-19(22)10-9-15-11-17(24-2)13-18(12-15)25-3/h9-14,16H,4-8H2,1-3H3,(H,21,23)/b10-9+/t14-/m1/s1. The lowest BCUT2D eigenvalue weighted by atomic mass is 9.95. The van der Waals surface area contributed by atoms with Crippen molar-refractivity contribution in [2.75, 3.05) is 14.2 Å². The fourth-order valence-corrected chi connectivity index (χ4v) is 2.92. The summed E-state index contributed by atoms with van der Waals surface area (Å²) in [6.45, 7) is 1.58. The van der Waals surface area contributed by atoms with Gasteiger partial charge in [0.2, 0.25) is 0 Å². The molecule has 1 fully saturated rings. The summed E-state index contributed by atoms with van der Waals surface area (Å²) in [6.07, 6.45) is 7.52. The van der Waals surface area contributed by atoms with Gasteiger partial charge in [0.25, 0.3) is 5.91 Å². The van der Waals surface area contributed by atoms with E-state index in [-0.39, 0.29) is 11.9 Å². The average Bonchev–Trinajstić information content (AvgIpc) is 2.66. The summed E-state index contributed by atoms with van der Waals surface area (Å²) in [5.41, 5.74) is 0.734. The number of nitrogens with one attached hydrogen (secondary N) is 1. The normalized spacial score (nSPS) is 16.1. The number of carbonyl (C=O) groups is 2. The van der Waals surface area contributed by atoms with Crippen LogP contribution in [0.4, 0.5) is 0 Å². The van der Waals surface area contributed by atoms with Crippen molar-refractivity contribution in [1.82, 2.24) is 5.32 Å². The van der Waals surface area contributed by atoms with Crippen molar-refractivity contribution in [3.05, 3.63) is 29.8 Å². The second-order valence-electron chi connectivity index (χ2n) is 6.40. The number of methoxy groups -OCH3 is 2. The van der Waals surface area contributed by atoms with Crippen LogP contribution in [0.25, 0.3) is 6.08 Å². The molecule has 0 aromatic heterocycles. The van der Waals surface area contributed by atoms with Gasteiger partial charge in [-0.25, -0.2) is 4.79 Å². The number of carbonyl (C=O) groups excluding carboxylic acids is 2. The molecule has 0 spiro atoms. The molecule has 6 nitrogen and oxygen atoms in total.